The van der Waals surface area contributed by atoms with Gasteiger partial charge in [-0.25, -0.2) is 0 Å². The molecule has 0 amide bonds. The molecule has 1 spiro atoms. The molecule has 2 aliphatic rings. The largest absolute Gasteiger partial charge is 0.456 e. The molecule has 0 N–H and O–H groups in total. The van der Waals surface area contributed by atoms with Crippen LogP contribution in [0.25, 0.3) is 88.0 Å². The van der Waals surface area contributed by atoms with E-state index in [-0.39, 0.29) is 0 Å². The first-order valence-electron chi connectivity index (χ1n) is 18.1. The van der Waals surface area contributed by atoms with Gasteiger partial charge in [-0.1, -0.05) is 146 Å². The summed E-state index contributed by atoms with van der Waals surface area (Å²) in [6.45, 7) is 0. The highest BCUT2D eigenvalue weighted by atomic mass is 16.3. The van der Waals surface area contributed by atoms with Gasteiger partial charge in [0.1, 0.15) is 11.2 Å². The number of fused-ring (bicyclic) bond motifs is 16. The van der Waals surface area contributed by atoms with Crippen LogP contribution in [0.15, 0.2) is 186 Å². The Morgan fingerprint density at radius 2 is 0.904 bits per heavy atom. The van der Waals surface area contributed by atoms with E-state index in [9.17, 15) is 0 Å². The number of hydrogen-bond donors (Lipinski definition) is 0. The van der Waals surface area contributed by atoms with Gasteiger partial charge in [0.2, 0.25) is 0 Å². The van der Waals surface area contributed by atoms with Crippen molar-refractivity contribution in [1.29, 1.82) is 0 Å². The zero-order valence-electron chi connectivity index (χ0n) is 28.2. The molecule has 1 aromatic heterocycles. The summed E-state index contributed by atoms with van der Waals surface area (Å²) in [5.74, 6) is 0. The zero-order valence-corrected chi connectivity index (χ0v) is 28.2. The molecule has 1 nitrogen and oxygen atoms in total. The standard InChI is InChI=1S/C51H30O/c1-2-10-31(11-3-1)36-19-23-41-42-24-20-37-26-34(35-21-25-48-43(28-35)44-27-32-12-4-5-13-33(32)30-49(44)52-48)18-22-38(37)50(42)51(47(41)29-36)45-16-8-6-14-39(45)40-15-7-9-17-46(40)51/h1-30H. The minimum atomic E-state index is -0.430. The molecule has 0 atom stereocenters. The highest BCUT2D eigenvalue weighted by Gasteiger charge is 2.52. The molecule has 0 fully saturated rings. The van der Waals surface area contributed by atoms with E-state index in [1.807, 2.05) is 0 Å². The van der Waals surface area contributed by atoms with Crippen molar-refractivity contribution in [2.24, 2.45) is 0 Å². The van der Waals surface area contributed by atoms with Crippen LogP contribution in [0.5, 0.6) is 0 Å². The van der Waals surface area contributed by atoms with Crippen molar-refractivity contribution in [1.82, 2.24) is 0 Å². The maximum absolute atomic E-state index is 6.35. The Morgan fingerprint density at radius 3 is 1.71 bits per heavy atom. The van der Waals surface area contributed by atoms with E-state index in [1.54, 1.807) is 0 Å². The highest BCUT2D eigenvalue weighted by Crippen LogP contribution is 2.64. The van der Waals surface area contributed by atoms with E-state index < -0.39 is 5.41 Å². The Morgan fingerprint density at radius 1 is 0.308 bits per heavy atom. The van der Waals surface area contributed by atoms with Crippen LogP contribution in [0.3, 0.4) is 0 Å². The zero-order chi connectivity index (χ0) is 34.0. The van der Waals surface area contributed by atoms with Gasteiger partial charge in [0.15, 0.2) is 0 Å². The fourth-order valence-corrected chi connectivity index (χ4v) is 9.61. The first-order chi connectivity index (χ1) is 25.8. The molecule has 1 heterocycles. The monoisotopic (exact) mass is 658 g/mol. The van der Waals surface area contributed by atoms with Crippen LogP contribution in [0.4, 0.5) is 0 Å². The quantitative estimate of drug-likeness (QED) is 0.180. The van der Waals surface area contributed by atoms with Gasteiger partial charge in [-0.15, -0.1) is 0 Å². The molecule has 0 saturated heterocycles. The predicted molar refractivity (Wildman–Crippen MR) is 216 cm³/mol. The second kappa shape index (κ2) is 10.2. The number of furan rings is 1. The first-order valence-corrected chi connectivity index (χ1v) is 18.1. The molecule has 0 saturated carbocycles. The third-order valence-corrected chi connectivity index (χ3v) is 11.8. The maximum atomic E-state index is 6.35. The summed E-state index contributed by atoms with van der Waals surface area (Å²) in [5.41, 5.74) is 17.0. The van der Waals surface area contributed by atoms with Crippen molar-refractivity contribution in [2.45, 2.75) is 5.41 Å². The molecule has 240 valence electrons. The molecule has 0 bridgehead atoms. The summed E-state index contributed by atoms with van der Waals surface area (Å²) < 4.78 is 6.35. The van der Waals surface area contributed by atoms with Crippen molar-refractivity contribution in [3.63, 3.8) is 0 Å². The highest BCUT2D eigenvalue weighted by molar-refractivity contribution is 6.11. The minimum absolute atomic E-state index is 0.430. The van der Waals surface area contributed by atoms with E-state index in [1.165, 1.54) is 88.3 Å². The van der Waals surface area contributed by atoms with E-state index in [4.69, 9.17) is 4.42 Å². The van der Waals surface area contributed by atoms with Crippen LogP contribution in [0, 0.1) is 0 Å². The third kappa shape index (κ3) is 3.62. The van der Waals surface area contributed by atoms with E-state index in [2.05, 4.69) is 182 Å². The molecule has 9 aromatic carbocycles. The summed E-state index contributed by atoms with van der Waals surface area (Å²) >= 11 is 0. The van der Waals surface area contributed by atoms with Gasteiger partial charge in [-0.2, -0.15) is 0 Å². The van der Waals surface area contributed by atoms with Crippen molar-refractivity contribution >= 4 is 43.5 Å². The molecule has 0 aliphatic heterocycles. The first kappa shape index (κ1) is 28.0. The van der Waals surface area contributed by atoms with Gasteiger partial charge in [-0.3, -0.25) is 0 Å². The predicted octanol–water partition coefficient (Wildman–Crippen LogP) is 13.6. The molecule has 0 unspecified atom stereocenters. The molecular formula is C51H30O. The Kier molecular flexibility index (Phi) is 5.49. The third-order valence-electron chi connectivity index (χ3n) is 11.8. The van der Waals surface area contributed by atoms with Gasteiger partial charge in [0.25, 0.3) is 0 Å². The fourth-order valence-electron chi connectivity index (χ4n) is 9.61. The van der Waals surface area contributed by atoms with E-state index in [0.717, 1.165) is 21.9 Å². The Balaban J connectivity index is 1.10. The normalized spacial score (nSPS) is 13.5. The van der Waals surface area contributed by atoms with Gasteiger partial charge in [0.05, 0.1) is 5.41 Å². The SMILES string of the molecule is c1ccc(-c2ccc3c(c2)C2(c4ccccc4-c4ccccc42)c2c-3ccc3cc(-c4ccc5oc6cc7ccccc7cc6c5c4)ccc23)cc1. The number of benzene rings is 9. The van der Waals surface area contributed by atoms with Crippen LogP contribution in [0.1, 0.15) is 22.3 Å². The van der Waals surface area contributed by atoms with Crippen LogP contribution < -0.4 is 0 Å². The molecule has 0 radical (unpaired) electrons. The van der Waals surface area contributed by atoms with Gasteiger partial charge < -0.3 is 4.42 Å². The molecule has 10 aromatic rings. The summed E-state index contributed by atoms with van der Waals surface area (Å²) in [7, 11) is 0. The van der Waals surface area contributed by atoms with Crippen LogP contribution in [0.2, 0.25) is 0 Å². The second-order valence-electron chi connectivity index (χ2n) is 14.4. The topological polar surface area (TPSA) is 13.1 Å². The second-order valence-corrected chi connectivity index (χ2v) is 14.4. The maximum Gasteiger partial charge on any atom is 0.136 e. The van der Waals surface area contributed by atoms with E-state index in [0.29, 0.717) is 0 Å². The molecule has 12 rings (SSSR count). The lowest BCUT2D eigenvalue weighted by Gasteiger charge is -2.31. The Labute approximate surface area is 301 Å². The van der Waals surface area contributed by atoms with Crippen LogP contribution >= 0.6 is 0 Å². The van der Waals surface area contributed by atoms with Crippen molar-refractivity contribution < 1.29 is 4.42 Å². The lowest BCUT2D eigenvalue weighted by Crippen LogP contribution is -2.26. The summed E-state index contributed by atoms with van der Waals surface area (Å²) in [5, 5.41) is 7.27. The van der Waals surface area contributed by atoms with Crippen LogP contribution in [-0.4, -0.2) is 0 Å². The lowest BCUT2D eigenvalue weighted by molar-refractivity contribution is 0.669. The average molecular weight is 659 g/mol. The number of hydrogen-bond acceptors (Lipinski definition) is 1. The molecule has 52 heavy (non-hydrogen) atoms. The smallest absolute Gasteiger partial charge is 0.136 e. The van der Waals surface area contributed by atoms with Crippen molar-refractivity contribution in [3.05, 3.63) is 204 Å². The average Bonchev–Trinajstić information content (AvgIpc) is 3.83. The van der Waals surface area contributed by atoms with Gasteiger partial charge in [-0.05, 0) is 125 Å². The minimum Gasteiger partial charge on any atom is -0.456 e. The van der Waals surface area contributed by atoms with Crippen molar-refractivity contribution in [2.75, 3.05) is 0 Å². The summed E-state index contributed by atoms with van der Waals surface area (Å²) in [4.78, 5) is 0. The molecule has 1 heteroatoms. The lowest BCUT2D eigenvalue weighted by atomic mass is 9.69. The van der Waals surface area contributed by atoms with Gasteiger partial charge >= 0.3 is 0 Å². The molecule has 2 aliphatic carbocycles. The van der Waals surface area contributed by atoms with Crippen molar-refractivity contribution in [3.8, 4) is 44.5 Å². The van der Waals surface area contributed by atoms with Crippen LogP contribution in [-0.2, 0) is 5.41 Å². The summed E-state index contributed by atoms with van der Waals surface area (Å²) in [6.07, 6.45) is 0. The molecular weight excluding hydrogens is 629 g/mol. The fraction of sp³-hybridized carbons (Fsp3) is 0.0196. The summed E-state index contributed by atoms with van der Waals surface area (Å²) in [6, 6.07) is 67.4. The van der Waals surface area contributed by atoms with Gasteiger partial charge in [0, 0.05) is 10.8 Å². The van der Waals surface area contributed by atoms with E-state index >= 15 is 0 Å². The number of rotatable bonds is 2. The Bertz CT molecular complexity index is 3080. The Hall–Kier alpha value is -6.70.